The number of hydrogen-bond acceptors (Lipinski definition) is 3. The Kier molecular flexibility index (Phi) is 5.95. The molecule has 1 heterocycles. The van der Waals surface area contributed by atoms with E-state index in [0.29, 0.717) is 5.92 Å². The molecule has 0 spiro atoms. The van der Waals surface area contributed by atoms with Crippen LogP contribution in [-0.4, -0.2) is 18.1 Å². The first-order valence-corrected chi connectivity index (χ1v) is 8.62. The van der Waals surface area contributed by atoms with E-state index in [1.165, 1.54) is 33.1 Å². The molecule has 0 fully saturated rings. The second-order valence-electron chi connectivity index (χ2n) is 5.71. The first kappa shape index (κ1) is 16.2. The van der Waals surface area contributed by atoms with Gasteiger partial charge in [-0.25, -0.2) is 4.98 Å². The van der Waals surface area contributed by atoms with Crippen molar-refractivity contribution in [2.45, 2.75) is 46.5 Å². The van der Waals surface area contributed by atoms with Crippen LogP contribution in [0.1, 0.15) is 46.0 Å². The van der Waals surface area contributed by atoms with Gasteiger partial charge >= 0.3 is 0 Å². The van der Waals surface area contributed by atoms with Crippen LogP contribution < -0.4 is 5.32 Å². The van der Waals surface area contributed by atoms with Crippen molar-refractivity contribution < 1.29 is 0 Å². The second kappa shape index (κ2) is 7.71. The second-order valence-corrected chi connectivity index (χ2v) is 7.00. The maximum Gasteiger partial charge on any atom is 0.0937 e. The van der Waals surface area contributed by atoms with E-state index < -0.39 is 0 Å². The Labute approximate surface area is 132 Å². The maximum absolute atomic E-state index is 4.72. The fourth-order valence-corrected chi connectivity index (χ4v) is 3.64. The van der Waals surface area contributed by atoms with Gasteiger partial charge in [-0.15, -0.1) is 11.3 Å². The third kappa shape index (κ3) is 4.39. The molecule has 1 aromatic carbocycles. The summed E-state index contributed by atoms with van der Waals surface area (Å²) in [6.45, 7) is 10.8. The third-order valence-corrected chi connectivity index (χ3v) is 5.03. The monoisotopic (exact) mass is 302 g/mol. The quantitative estimate of drug-likeness (QED) is 0.767. The fourth-order valence-electron chi connectivity index (χ4n) is 2.63. The van der Waals surface area contributed by atoms with Gasteiger partial charge in [0.15, 0.2) is 0 Å². The molecule has 0 aliphatic carbocycles. The SMILES string of the molecule is CCCNCC(Cc1nc(C)c(C)s1)c1ccccc1C. The van der Waals surface area contributed by atoms with E-state index in [1.54, 1.807) is 0 Å². The van der Waals surface area contributed by atoms with Crippen LogP contribution in [0.15, 0.2) is 24.3 Å². The molecule has 2 aromatic rings. The molecule has 0 aliphatic rings. The van der Waals surface area contributed by atoms with Gasteiger partial charge in [-0.1, -0.05) is 31.2 Å². The predicted octanol–water partition coefficient (Wildman–Crippen LogP) is 4.39. The number of thiazole rings is 1. The molecule has 0 aliphatic heterocycles. The van der Waals surface area contributed by atoms with Gasteiger partial charge in [0.25, 0.3) is 0 Å². The first-order chi connectivity index (χ1) is 10.1. The van der Waals surface area contributed by atoms with Gasteiger partial charge < -0.3 is 5.32 Å². The minimum absolute atomic E-state index is 0.502. The summed E-state index contributed by atoms with van der Waals surface area (Å²) in [4.78, 5) is 6.07. The standard InChI is InChI=1S/C18H26N2S/c1-5-10-19-12-16(17-9-7-6-8-13(17)2)11-18-20-14(3)15(4)21-18/h6-9,16,19H,5,10-12H2,1-4H3. The zero-order valence-electron chi connectivity index (χ0n) is 13.6. The molecule has 114 valence electrons. The summed E-state index contributed by atoms with van der Waals surface area (Å²) in [5.41, 5.74) is 4.01. The fraction of sp³-hybridized carbons (Fsp3) is 0.500. The zero-order chi connectivity index (χ0) is 15.2. The van der Waals surface area contributed by atoms with Gasteiger partial charge in [0.2, 0.25) is 0 Å². The van der Waals surface area contributed by atoms with Crippen molar-refractivity contribution in [3.63, 3.8) is 0 Å². The van der Waals surface area contributed by atoms with Crippen molar-refractivity contribution in [3.05, 3.63) is 51.0 Å². The molecule has 1 unspecified atom stereocenters. The van der Waals surface area contributed by atoms with Crippen LogP contribution in [0, 0.1) is 20.8 Å². The van der Waals surface area contributed by atoms with Crippen LogP contribution in [0.3, 0.4) is 0 Å². The van der Waals surface area contributed by atoms with Crippen molar-refractivity contribution in [2.75, 3.05) is 13.1 Å². The number of aromatic nitrogens is 1. The first-order valence-electron chi connectivity index (χ1n) is 7.81. The number of nitrogens with zero attached hydrogens (tertiary/aromatic N) is 1. The highest BCUT2D eigenvalue weighted by Crippen LogP contribution is 2.26. The Balaban J connectivity index is 2.17. The van der Waals surface area contributed by atoms with Crippen molar-refractivity contribution in [2.24, 2.45) is 0 Å². The van der Waals surface area contributed by atoms with Crippen LogP contribution in [0.5, 0.6) is 0 Å². The molecule has 0 amide bonds. The minimum atomic E-state index is 0.502. The van der Waals surface area contributed by atoms with E-state index in [4.69, 9.17) is 4.98 Å². The summed E-state index contributed by atoms with van der Waals surface area (Å²) in [5, 5.41) is 4.84. The van der Waals surface area contributed by atoms with Crippen LogP contribution in [0.25, 0.3) is 0 Å². The molecular weight excluding hydrogens is 276 g/mol. The molecule has 0 saturated heterocycles. The topological polar surface area (TPSA) is 24.9 Å². The highest BCUT2D eigenvalue weighted by atomic mass is 32.1. The molecule has 21 heavy (non-hydrogen) atoms. The smallest absolute Gasteiger partial charge is 0.0937 e. The molecule has 1 aromatic heterocycles. The highest BCUT2D eigenvalue weighted by molar-refractivity contribution is 7.11. The predicted molar refractivity (Wildman–Crippen MR) is 92.4 cm³/mol. The lowest BCUT2D eigenvalue weighted by atomic mass is 9.92. The zero-order valence-corrected chi connectivity index (χ0v) is 14.4. The van der Waals surface area contributed by atoms with Crippen molar-refractivity contribution in [3.8, 4) is 0 Å². The van der Waals surface area contributed by atoms with E-state index in [2.05, 4.69) is 57.3 Å². The summed E-state index contributed by atoms with van der Waals surface area (Å²) in [7, 11) is 0. The largest absolute Gasteiger partial charge is 0.316 e. The van der Waals surface area contributed by atoms with Gasteiger partial charge in [-0.3, -0.25) is 0 Å². The van der Waals surface area contributed by atoms with Gasteiger partial charge in [-0.05, 0) is 44.9 Å². The van der Waals surface area contributed by atoms with Gasteiger partial charge in [-0.2, -0.15) is 0 Å². The van der Waals surface area contributed by atoms with Crippen molar-refractivity contribution in [1.29, 1.82) is 0 Å². The molecule has 3 heteroatoms. The molecule has 1 atom stereocenters. The van der Waals surface area contributed by atoms with Crippen LogP contribution in [0.2, 0.25) is 0 Å². The minimum Gasteiger partial charge on any atom is -0.316 e. The summed E-state index contributed by atoms with van der Waals surface area (Å²) in [6, 6.07) is 8.74. The lowest BCUT2D eigenvalue weighted by Gasteiger charge is -2.19. The molecule has 1 N–H and O–H groups in total. The van der Waals surface area contributed by atoms with E-state index in [0.717, 1.165) is 19.5 Å². The summed E-state index contributed by atoms with van der Waals surface area (Å²) in [5.74, 6) is 0.502. The van der Waals surface area contributed by atoms with Crippen molar-refractivity contribution in [1.82, 2.24) is 10.3 Å². The van der Waals surface area contributed by atoms with E-state index in [1.807, 2.05) is 11.3 Å². The molecule has 0 bridgehead atoms. The summed E-state index contributed by atoms with van der Waals surface area (Å²) in [6.07, 6.45) is 2.21. The Morgan fingerprint density at radius 1 is 1.19 bits per heavy atom. The molecule has 0 saturated carbocycles. The van der Waals surface area contributed by atoms with Crippen LogP contribution >= 0.6 is 11.3 Å². The average molecular weight is 302 g/mol. The van der Waals surface area contributed by atoms with Crippen LogP contribution in [0.4, 0.5) is 0 Å². The molecule has 2 rings (SSSR count). The molecule has 2 nitrogen and oxygen atoms in total. The lowest BCUT2D eigenvalue weighted by molar-refractivity contribution is 0.573. The number of nitrogens with one attached hydrogen (secondary N) is 1. The van der Waals surface area contributed by atoms with E-state index >= 15 is 0 Å². The third-order valence-electron chi connectivity index (χ3n) is 3.94. The molecule has 0 radical (unpaired) electrons. The normalized spacial score (nSPS) is 12.6. The summed E-state index contributed by atoms with van der Waals surface area (Å²) < 4.78 is 0. The number of rotatable bonds is 7. The Morgan fingerprint density at radius 2 is 1.95 bits per heavy atom. The molecular formula is C18H26N2S. The highest BCUT2D eigenvalue weighted by Gasteiger charge is 2.16. The maximum atomic E-state index is 4.72. The van der Waals surface area contributed by atoms with E-state index in [9.17, 15) is 0 Å². The van der Waals surface area contributed by atoms with Gasteiger partial charge in [0.1, 0.15) is 0 Å². The summed E-state index contributed by atoms with van der Waals surface area (Å²) >= 11 is 1.84. The van der Waals surface area contributed by atoms with E-state index in [-0.39, 0.29) is 0 Å². The average Bonchev–Trinajstić information content (AvgIpc) is 2.77. The Morgan fingerprint density at radius 3 is 2.57 bits per heavy atom. The number of aryl methyl sites for hydroxylation is 3. The van der Waals surface area contributed by atoms with Crippen LogP contribution in [-0.2, 0) is 6.42 Å². The van der Waals surface area contributed by atoms with Crippen molar-refractivity contribution >= 4 is 11.3 Å². The number of hydrogen-bond donors (Lipinski definition) is 1. The Hall–Kier alpha value is -1.19. The van der Waals surface area contributed by atoms with Gasteiger partial charge in [0, 0.05) is 23.8 Å². The van der Waals surface area contributed by atoms with Gasteiger partial charge in [0.05, 0.1) is 10.7 Å². The lowest BCUT2D eigenvalue weighted by Crippen LogP contribution is -2.24. The Bertz CT molecular complexity index is 555. The number of benzene rings is 1.